The summed E-state index contributed by atoms with van der Waals surface area (Å²) in [6.07, 6.45) is 0. The number of esters is 1. The van der Waals surface area contributed by atoms with Gasteiger partial charge in [-0.3, -0.25) is 4.57 Å². The van der Waals surface area contributed by atoms with E-state index in [1.54, 1.807) is 0 Å². The number of nitrogens with one attached hydrogen (secondary N) is 1. The minimum atomic E-state index is -0.407. The van der Waals surface area contributed by atoms with Crippen LogP contribution in [0.3, 0.4) is 0 Å². The molecule has 5 rings (SSSR count). The highest BCUT2D eigenvalue weighted by atomic mass is 16.5. The van der Waals surface area contributed by atoms with E-state index in [-0.39, 0.29) is 5.97 Å². The second-order valence-corrected chi connectivity index (χ2v) is 7.34. The lowest BCUT2D eigenvalue weighted by Gasteiger charge is -2.30. The first-order valence-corrected chi connectivity index (χ1v) is 10.0. The van der Waals surface area contributed by atoms with Crippen molar-refractivity contribution in [3.05, 3.63) is 95.7 Å². The lowest BCUT2D eigenvalue weighted by atomic mass is 9.95. The third kappa shape index (κ3) is 3.32. The Balaban J connectivity index is 1.67. The number of hydrogen-bond acceptors (Lipinski definition) is 5. The Kier molecular flexibility index (Phi) is 4.67. The summed E-state index contributed by atoms with van der Waals surface area (Å²) < 4.78 is 13.2. The van der Waals surface area contributed by atoms with E-state index in [0.29, 0.717) is 23.0 Å². The van der Waals surface area contributed by atoms with Crippen LogP contribution < -0.4 is 10.1 Å². The summed E-state index contributed by atoms with van der Waals surface area (Å²) in [5.74, 6) is 1.74. The summed E-state index contributed by atoms with van der Waals surface area (Å²) in [7, 11) is 1.40. The smallest absolute Gasteiger partial charge is 0.337 e. The Hall–Kier alpha value is -4.06. The number of anilines is 1. The zero-order chi connectivity index (χ0) is 21.4. The van der Waals surface area contributed by atoms with Gasteiger partial charge in [0, 0.05) is 5.70 Å². The van der Waals surface area contributed by atoms with Crippen LogP contribution in [0, 0.1) is 0 Å². The van der Waals surface area contributed by atoms with Crippen molar-refractivity contribution in [1.29, 1.82) is 0 Å². The van der Waals surface area contributed by atoms with E-state index >= 15 is 0 Å². The standard InChI is InChI=1S/C25H21N3O3/c1-16-22(24(29)30-2)23(28-21-14-7-6-13-20(21)27-25(28)26-16)17-9-8-12-19(15-17)31-18-10-4-3-5-11-18/h3-15,23H,1-2H3,(H,26,27). The van der Waals surface area contributed by atoms with E-state index in [9.17, 15) is 4.79 Å². The molecular weight excluding hydrogens is 390 g/mol. The van der Waals surface area contributed by atoms with Crippen LogP contribution >= 0.6 is 0 Å². The summed E-state index contributed by atoms with van der Waals surface area (Å²) in [5, 5.41) is 3.27. The van der Waals surface area contributed by atoms with Gasteiger partial charge in [0.25, 0.3) is 0 Å². The SMILES string of the molecule is COC(=O)C1=C(C)Nc2nc3ccccc3n2C1c1cccc(Oc2ccccc2)c1. The molecule has 0 bridgehead atoms. The predicted octanol–water partition coefficient (Wildman–Crippen LogP) is 5.29. The van der Waals surface area contributed by atoms with Gasteiger partial charge < -0.3 is 14.8 Å². The number of allylic oxidation sites excluding steroid dienone is 1. The van der Waals surface area contributed by atoms with Gasteiger partial charge in [0.1, 0.15) is 11.5 Å². The molecule has 0 fully saturated rings. The highest BCUT2D eigenvalue weighted by Crippen LogP contribution is 2.40. The fourth-order valence-corrected chi connectivity index (χ4v) is 4.03. The molecule has 6 nitrogen and oxygen atoms in total. The molecule has 31 heavy (non-hydrogen) atoms. The van der Waals surface area contributed by atoms with Gasteiger partial charge in [-0.2, -0.15) is 0 Å². The molecule has 0 saturated heterocycles. The second-order valence-electron chi connectivity index (χ2n) is 7.34. The molecule has 154 valence electrons. The number of rotatable bonds is 4. The number of ether oxygens (including phenoxy) is 2. The van der Waals surface area contributed by atoms with Crippen molar-refractivity contribution in [3.63, 3.8) is 0 Å². The first-order valence-electron chi connectivity index (χ1n) is 10.0. The van der Waals surface area contributed by atoms with E-state index in [1.165, 1.54) is 7.11 Å². The predicted molar refractivity (Wildman–Crippen MR) is 119 cm³/mol. The molecule has 3 aromatic carbocycles. The molecule has 1 aliphatic heterocycles. The highest BCUT2D eigenvalue weighted by molar-refractivity contribution is 5.94. The number of aromatic nitrogens is 2. The van der Waals surface area contributed by atoms with Crippen molar-refractivity contribution in [2.45, 2.75) is 13.0 Å². The van der Waals surface area contributed by atoms with Crippen LogP contribution in [0.1, 0.15) is 18.5 Å². The monoisotopic (exact) mass is 411 g/mol. The molecule has 1 unspecified atom stereocenters. The van der Waals surface area contributed by atoms with Crippen molar-refractivity contribution in [2.75, 3.05) is 12.4 Å². The molecular formula is C25H21N3O3. The fraction of sp³-hybridized carbons (Fsp3) is 0.120. The number of benzene rings is 3. The Labute approximate surface area is 179 Å². The molecule has 0 radical (unpaired) electrons. The summed E-state index contributed by atoms with van der Waals surface area (Å²) >= 11 is 0. The minimum absolute atomic E-state index is 0.382. The molecule has 4 aromatic rings. The van der Waals surface area contributed by atoms with Gasteiger partial charge in [-0.15, -0.1) is 0 Å². The number of methoxy groups -OCH3 is 1. The lowest BCUT2D eigenvalue weighted by Crippen LogP contribution is -2.28. The minimum Gasteiger partial charge on any atom is -0.466 e. The third-order valence-electron chi connectivity index (χ3n) is 5.39. The molecule has 1 aromatic heterocycles. The van der Waals surface area contributed by atoms with Gasteiger partial charge in [0.05, 0.1) is 29.8 Å². The van der Waals surface area contributed by atoms with Crippen LogP contribution in [-0.4, -0.2) is 22.6 Å². The molecule has 0 spiro atoms. The first-order chi connectivity index (χ1) is 15.2. The summed E-state index contributed by atoms with van der Waals surface area (Å²) in [5.41, 5.74) is 3.94. The van der Waals surface area contributed by atoms with Gasteiger partial charge in [0.15, 0.2) is 0 Å². The molecule has 1 N–H and O–H groups in total. The first kappa shape index (κ1) is 18.9. The normalized spacial score (nSPS) is 15.4. The van der Waals surface area contributed by atoms with Crippen LogP contribution in [0.4, 0.5) is 5.95 Å². The van der Waals surface area contributed by atoms with Gasteiger partial charge in [-0.05, 0) is 48.9 Å². The average molecular weight is 411 g/mol. The summed E-state index contributed by atoms with van der Waals surface area (Å²) in [6, 6.07) is 24.9. The van der Waals surface area contributed by atoms with Crippen LogP contribution in [0.15, 0.2) is 90.1 Å². The number of carbonyl (C=O) groups excluding carboxylic acids is 1. The van der Waals surface area contributed by atoms with Crippen molar-refractivity contribution in [2.24, 2.45) is 0 Å². The molecule has 6 heteroatoms. The van der Waals surface area contributed by atoms with Crippen molar-refractivity contribution in [3.8, 4) is 11.5 Å². The third-order valence-corrected chi connectivity index (χ3v) is 5.39. The summed E-state index contributed by atoms with van der Waals surface area (Å²) in [4.78, 5) is 17.5. The van der Waals surface area contributed by atoms with Gasteiger partial charge in [-0.1, -0.05) is 42.5 Å². The fourth-order valence-electron chi connectivity index (χ4n) is 4.03. The van der Waals surface area contributed by atoms with Gasteiger partial charge in [0.2, 0.25) is 5.95 Å². The maximum atomic E-state index is 12.8. The molecule has 1 atom stereocenters. The van der Waals surface area contributed by atoms with Gasteiger partial charge in [-0.25, -0.2) is 9.78 Å². The maximum Gasteiger partial charge on any atom is 0.337 e. The molecule has 0 amide bonds. The van der Waals surface area contributed by atoms with Gasteiger partial charge >= 0.3 is 5.97 Å². The van der Waals surface area contributed by atoms with Crippen molar-refractivity contribution < 1.29 is 14.3 Å². The van der Waals surface area contributed by atoms with E-state index in [2.05, 4.69) is 5.32 Å². The number of fused-ring (bicyclic) bond motifs is 3. The molecule has 2 heterocycles. The summed E-state index contributed by atoms with van der Waals surface area (Å²) in [6.45, 7) is 1.87. The largest absolute Gasteiger partial charge is 0.466 e. The average Bonchev–Trinajstić information content (AvgIpc) is 3.16. The number of carbonyl (C=O) groups is 1. The topological polar surface area (TPSA) is 65.4 Å². The highest BCUT2D eigenvalue weighted by Gasteiger charge is 2.34. The maximum absolute atomic E-state index is 12.8. The Morgan fingerprint density at radius 1 is 0.968 bits per heavy atom. The van der Waals surface area contributed by atoms with Crippen LogP contribution in [-0.2, 0) is 9.53 Å². The van der Waals surface area contributed by atoms with E-state index in [0.717, 1.165) is 22.3 Å². The number of hydrogen-bond donors (Lipinski definition) is 1. The molecule has 0 aliphatic carbocycles. The van der Waals surface area contributed by atoms with Crippen molar-refractivity contribution >= 4 is 23.0 Å². The number of para-hydroxylation sites is 3. The van der Waals surface area contributed by atoms with Crippen LogP contribution in [0.2, 0.25) is 0 Å². The zero-order valence-corrected chi connectivity index (χ0v) is 17.2. The lowest BCUT2D eigenvalue weighted by molar-refractivity contribution is -0.136. The zero-order valence-electron chi connectivity index (χ0n) is 17.2. The van der Waals surface area contributed by atoms with E-state index < -0.39 is 6.04 Å². The van der Waals surface area contributed by atoms with Crippen LogP contribution in [0.25, 0.3) is 11.0 Å². The number of imidazole rings is 1. The number of nitrogens with zero attached hydrogens (tertiary/aromatic N) is 2. The quantitative estimate of drug-likeness (QED) is 0.462. The van der Waals surface area contributed by atoms with Crippen LogP contribution in [0.5, 0.6) is 11.5 Å². The van der Waals surface area contributed by atoms with E-state index in [1.807, 2.05) is 90.4 Å². The second kappa shape index (κ2) is 7.65. The molecule has 0 saturated carbocycles. The Morgan fingerprint density at radius 3 is 2.52 bits per heavy atom. The van der Waals surface area contributed by atoms with E-state index in [4.69, 9.17) is 14.5 Å². The Bertz CT molecular complexity index is 1310. The Morgan fingerprint density at radius 2 is 1.71 bits per heavy atom. The van der Waals surface area contributed by atoms with Crippen molar-refractivity contribution in [1.82, 2.24) is 9.55 Å². The molecule has 1 aliphatic rings.